The third kappa shape index (κ3) is 2.16. The van der Waals surface area contributed by atoms with Crippen LogP contribution in [0, 0.1) is 0 Å². The molecule has 10 heavy (non-hydrogen) atoms. The molecule has 0 aromatic heterocycles. The number of hydrogen-bond acceptors (Lipinski definition) is 3. The maximum atomic E-state index is 10.2. The first-order valence-corrected chi connectivity index (χ1v) is 2.87. The topological polar surface area (TPSA) is 83.5 Å². The Hall–Kier alpha value is -0.870. The molecular formula is C6H11NO3. The number of nitrogens with two attached hydrogens (primary N) is 1. The number of aliphatic hydroxyl groups excluding tert-OH is 1. The number of carboxylic acid groups (broad SMARTS) is 1. The lowest BCUT2D eigenvalue weighted by Crippen LogP contribution is -2.33. The summed E-state index contributed by atoms with van der Waals surface area (Å²) < 4.78 is 0. The van der Waals surface area contributed by atoms with Crippen molar-refractivity contribution in [3.05, 3.63) is 11.6 Å². The Bertz CT molecular complexity index is 153. The van der Waals surface area contributed by atoms with Crippen molar-refractivity contribution < 1.29 is 15.0 Å². The summed E-state index contributed by atoms with van der Waals surface area (Å²) in [6, 6.07) is -1.07. The van der Waals surface area contributed by atoms with E-state index in [2.05, 4.69) is 0 Å². The van der Waals surface area contributed by atoms with Crippen LogP contribution in [0.5, 0.6) is 0 Å². The first-order chi connectivity index (χ1) is 4.63. The van der Waals surface area contributed by atoms with Crippen LogP contribution in [-0.4, -0.2) is 28.8 Å². The molecule has 4 heteroatoms. The van der Waals surface area contributed by atoms with E-state index in [9.17, 15) is 4.79 Å². The molecule has 0 fully saturated rings. The van der Waals surface area contributed by atoms with Gasteiger partial charge in [0.1, 0.15) is 6.04 Å². The molecule has 0 saturated carbocycles. The molecule has 4 N–H and O–H groups in total. The summed E-state index contributed by atoms with van der Waals surface area (Å²) in [7, 11) is 0. The molecule has 1 unspecified atom stereocenters. The van der Waals surface area contributed by atoms with E-state index in [4.69, 9.17) is 15.9 Å². The van der Waals surface area contributed by atoms with Crippen LogP contribution in [0.25, 0.3) is 0 Å². The molecular weight excluding hydrogens is 134 g/mol. The minimum absolute atomic E-state index is 0.302. The largest absolute Gasteiger partial charge is 0.480 e. The van der Waals surface area contributed by atoms with Crippen molar-refractivity contribution in [1.82, 2.24) is 0 Å². The Morgan fingerprint density at radius 1 is 1.80 bits per heavy atom. The van der Waals surface area contributed by atoms with E-state index in [0.717, 1.165) is 0 Å². The highest BCUT2D eigenvalue weighted by Crippen LogP contribution is 1.97. The highest BCUT2D eigenvalue weighted by atomic mass is 16.4. The van der Waals surface area contributed by atoms with Gasteiger partial charge in [-0.15, -0.1) is 0 Å². The summed E-state index contributed by atoms with van der Waals surface area (Å²) in [5.74, 6) is -1.12. The van der Waals surface area contributed by atoms with E-state index in [1.807, 2.05) is 0 Å². The van der Waals surface area contributed by atoms with Crippen LogP contribution in [0.15, 0.2) is 11.6 Å². The summed E-state index contributed by atoms with van der Waals surface area (Å²) in [6.07, 6.45) is 1.50. The molecule has 4 nitrogen and oxygen atoms in total. The lowest BCUT2D eigenvalue weighted by atomic mass is 10.1. The number of allylic oxidation sites excluding steroid dienone is 1. The van der Waals surface area contributed by atoms with Crippen molar-refractivity contribution in [2.75, 3.05) is 6.61 Å². The molecule has 0 spiro atoms. The predicted octanol–water partition coefficient (Wildman–Crippen LogP) is -0.663. The van der Waals surface area contributed by atoms with Crippen LogP contribution < -0.4 is 5.73 Å². The molecule has 0 amide bonds. The van der Waals surface area contributed by atoms with Gasteiger partial charge >= 0.3 is 5.97 Å². The first kappa shape index (κ1) is 9.13. The Labute approximate surface area is 59.0 Å². The van der Waals surface area contributed by atoms with Crippen molar-refractivity contribution in [2.45, 2.75) is 13.0 Å². The highest BCUT2D eigenvalue weighted by molar-refractivity contribution is 5.77. The van der Waals surface area contributed by atoms with Gasteiger partial charge in [0.25, 0.3) is 0 Å². The van der Waals surface area contributed by atoms with E-state index in [-0.39, 0.29) is 6.61 Å². The number of hydrogen-bond donors (Lipinski definition) is 3. The number of rotatable bonds is 3. The van der Waals surface area contributed by atoms with Crippen molar-refractivity contribution in [3.8, 4) is 0 Å². The maximum absolute atomic E-state index is 10.2. The third-order valence-electron chi connectivity index (χ3n) is 1.22. The van der Waals surface area contributed by atoms with Crippen LogP contribution in [-0.2, 0) is 4.79 Å². The molecule has 0 aliphatic heterocycles. The van der Waals surface area contributed by atoms with E-state index >= 15 is 0 Å². The lowest BCUT2D eigenvalue weighted by Gasteiger charge is -2.06. The van der Waals surface area contributed by atoms with Crippen LogP contribution in [0.4, 0.5) is 0 Å². The molecule has 0 saturated heterocycles. The van der Waals surface area contributed by atoms with Gasteiger partial charge in [0.2, 0.25) is 0 Å². The average molecular weight is 145 g/mol. The highest BCUT2D eigenvalue weighted by Gasteiger charge is 2.14. The van der Waals surface area contributed by atoms with Gasteiger partial charge in [-0.05, 0) is 12.5 Å². The Balaban J connectivity index is 4.17. The zero-order valence-corrected chi connectivity index (χ0v) is 5.74. The van der Waals surface area contributed by atoms with Crippen LogP contribution >= 0.6 is 0 Å². The molecule has 1 atom stereocenters. The molecule has 0 heterocycles. The molecule has 0 aromatic rings. The molecule has 0 aromatic carbocycles. The summed E-state index contributed by atoms with van der Waals surface area (Å²) in [4.78, 5) is 10.2. The molecule has 0 bridgehead atoms. The Morgan fingerprint density at radius 3 is 2.40 bits per heavy atom. The summed E-state index contributed by atoms with van der Waals surface area (Å²) in [5.41, 5.74) is 5.48. The van der Waals surface area contributed by atoms with Crippen LogP contribution in [0.3, 0.4) is 0 Å². The molecule has 0 radical (unpaired) electrons. The van der Waals surface area contributed by atoms with Crippen LogP contribution in [0.1, 0.15) is 6.92 Å². The Morgan fingerprint density at radius 2 is 2.30 bits per heavy atom. The van der Waals surface area contributed by atoms with E-state index in [1.165, 1.54) is 6.08 Å². The molecule has 0 aliphatic carbocycles. The van der Waals surface area contributed by atoms with E-state index in [0.29, 0.717) is 5.57 Å². The van der Waals surface area contributed by atoms with E-state index < -0.39 is 12.0 Å². The van der Waals surface area contributed by atoms with Crippen molar-refractivity contribution >= 4 is 5.97 Å². The average Bonchev–Trinajstić information content (AvgIpc) is 1.90. The fourth-order valence-corrected chi connectivity index (χ4v) is 0.528. The summed E-state index contributed by atoms with van der Waals surface area (Å²) in [6.45, 7) is 1.33. The molecule has 58 valence electrons. The van der Waals surface area contributed by atoms with E-state index in [1.54, 1.807) is 6.92 Å². The van der Waals surface area contributed by atoms with Crippen LogP contribution in [0.2, 0.25) is 0 Å². The zero-order chi connectivity index (χ0) is 8.15. The Kier molecular flexibility index (Phi) is 3.68. The SMILES string of the molecule is CC=C(CO)C(N)C(=O)O. The number of aliphatic hydroxyl groups is 1. The first-order valence-electron chi connectivity index (χ1n) is 2.87. The second kappa shape index (κ2) is 4.03. The maximum Gasteiger partial charge on any atom is 0.324 e. The number of carbonyl (C=O) groups is 1. The molecule has 0 aliphatic rings. The number of carboxylic acids is 1. The van der Waals surface area contributed by atoms with Crippen molar-refractivity contribution in [3.63, 3.8) is 0 Å². The van der Waals surface area contributed by atoms with Gasteiger partial charge in [-0.1, -0.05) is 6.08 Å². The van der Waals surface area contributed by atoms with Gasteiger partial charge < -0.3 is 15.9 Å². The van der Waals surface area contributed by atoms with Gasteiger partial charge in [-0.25, -0.2) is 0 Å². The minimum atomic E-state index is -1.12. The van der Waals surface area contributed by atoms with Crippen molar-refractivity contribution in [1.29, 1.82) is 0 Å². The van der Waals surface area contributed by atoms with Gasteiger partial charge in [0, 0.05) is 0 Å². The van der Waals surface area contributed by atoms with Crippen molar-refractivity contribution in [2.24, 2.45) is 5.73 Å². The monoisotopic (exact) mass is 145 g/mol. The number of aliphatic carboxylic acids is 1. The standard InChI is InChI=1S/C6H11NO3/c1-2-4(3-8)5(7)6(9)10/h2,5,8H,3,7H2,1H3,(H,9,10). The normalized spacial score (nSPS) is 14.9. The fourth-order valence-electron chi connectivity index (χ4n) is 0.528. The van der Waals surface area contributed by atoms with Gasteiger partial charge in [-0.3, -0.25) is 4.79 Å². The van der Waals surface area contributed by atoms with Gasteiger partial charge in [0.05, 0.1) is 6.61 Å². The second-order valence-corrected chi connectivity index (χ2v) is 1.84. The van der Waals surface area contributed by atoms with Gasteiger partial charge in [-0.2, -0.15) is 0 Å². The minimum Gasteiger partial charge on any atom is -0.480 e. The summed E-state index contributed by atoms with van der Waals surface area (Å²) in [5, 5.41) is 16.9. The zero-order valence-electron chi connectivity index (χ0n) is 5.74. The second-order valence-electron chi connectivity index (χ2n) is 1.84. The smallest absolute Gasteiger partial charge is 0.324 e. The lowest BCUT2D eigenvalue weighted by molar-refractivity contribution is -0.137. The third-order valence-corrected chi connectivity index (χ3v) is 1.22. The summed E-state index contributed by atoms with van der Waals surface area (Å²) >= 11 is 0. The quantitative estimate of drug-likeness (QED) is 0.460. The predicted molar refractivity (Wildman–Crippen MR) is 36.5 cm³/mol. The fraction of sp³-hybridized carbons (Fsp3) is 0.500. The molecule has 0 rings (SSSR count). The van der Waals surface area contributed by atoms with Gasteiger partial charge in [0.15, 0.2) is 0 Å².